The average molecular weight is 238 g/mol. The Morgan fingerprint density at radius 3 is 2.00 bits per heavy atom. The molecule has 3 heteroatoms. The van der Waals surface area contributed by atoms with Crippen molar-refractivity contribution in [2.75, 3.05) is 0 Å². The van der Waals surface area contributed by atoms with Crippen molar-refractivity contribution in [1.29, 1.82) is 0 Å². The normalized spacial score (nSPS) is 12.8. The molecule has 1 aromatic heterocycles. The van der Waals surface area contributed by atoms with Crippen molar-refractivity contribution in [3.8, 4) is 5.88 Å². The molecule has 17 heavy (non-hydrogen) atoms. The maximum absolute atomic E-state index is 10.3. The molecule has 1 aromatic rings. The van der Waals surface area contributed by atoms with Gasteiger partial charge in [0.2, 0.25) is 5.88 Å². The van der Waals surface area contributed by atoms with Crippen molar-refractivity contribution >= 4 is 0 Å². The number of rotatable bonds is 3. The van der Waals surface area contributed by atoms with Crippen molar-refractivity contribution in [3.63, 3.8) is 0 Å². The topological polar surface area (TPSA) is 38.0 Å². The Bertz CT molecular complexity index is 384. The van der Waals surface area contributed by atoms with Crippen molar-refractivity contribution < 1.29 is 5.11 Å². The van der Waals surface area contributed by atoms with Crippen LogP contribution >= 0.6 is 0 Å². The first-order valence-corrected chi connectivity index (χ1v) is 6.44. The minimum atomic E-state index is -0.0285. The zero-order valence-electron chi connectivity index (χ0n) is 12.2. The number of nitrogens with zero attached hydrogens (tertiary/aromatic N) is 2. The highest BCUT2D eigenvalue weighted by Crippen LogP contribution is 2.36. The summed E-state index contributed by atoms with van der Waals surface area (Å²) in [7, 11) is 0. The lowest BCUT2D eigenvalue weighted by molar-refractivity contribution is 0.366. The summed E-state index contributed by atoms with van der Waals surface area (Å²) in [6.45, 7) is 15.7. The first-order valence-electron chi connectivity index (χ1n) is 6.44. The van der Waals surface area contributed by atoms with Crippen LogP contribution in [0.5, 0.6) is 5.88 Å². The Morgan fingerprint density at radius 2 is 1.71 bits per heavy atom. The second-order valence-electron chi connectivity index (χ2n) is 6.57. The van der Waals surface area contributed by atoms with Crippen LogP contribution in [0.25, 0.3) is 0 Å². The molecule has 0 amide bonds. The molecule has 0 spiro atoms. The van der Waals surface area contributed by atoms with Crippen LogP contribution in [-0.2, 0) is 12.0 Å². The Hall–Kier alpha value is -0.990. The smallest absolute Gasteiger partial charge is 0.213 e. The molecule has 0 aliphatic rings. The fourth-order valence-electron chi connectivity index (χ4n) is 2.03. The van der Waals surface area contributed by atoms with Crippen LogP contribution < -0.4 is 0 Å². The van der Waals surface area contributed by atoms with Crippen molar-refractivity contribution in [2.45, 2.75) is 66.3 Å². The highest BCUT2D eigenvalue weighted by atomic mass is 16.3. The predicted molar refractivity (Wildman–Crippen MR) is 71.5 cm³/mol. The van der Waals surface area contributed by atoms with E-state index in [2.05, 4.69) is 53.6 Å². The SMILES string of the molecule is CC(C)Cn1nc(C(C)(C)C)c(C(C)C)c1O. The number of hydrogen-bond donors (Lipinski definition) is 1. The van der Waals surface area contributed by atoms with Gasteiger partial charge in [-0.1, -0.05) is 48.5 Å². The van der Waals surface area contributed by atoms with Gasteiger partial charge < -0.3 is 5.11 Å². The van der Waals surface area contributed by atoms with Crippen LogP contribution in [0.15, 0.2) is 0 Å². The number of aromatic nitrogens is 2. The van der Waals surface area contributed by atoms with Gasteiger partial charge in [-0.3, -0.25) is 0 Å². The number of hydrogen-bond acceptors (Lipinski definition) is 2. The lowest BCUT2D eigenvalue weighted by Gasteiger charge is -2.18. The van der Waals surface area contributed by atoms with E-state index in [4.69, 9.17) is 0 Å². The van der Waals surface area contributed by atoms with Crippen molar-refractivity contribution in [2.24, 2.45) is 5.92 Å². The Kier molecular flexibility index (Phi) is 3.90. The van der Waals surface area contributed by atoms with Gasteiger partial charge >= 0.3 is 0 Å². The van der Waals surface area contributed by atoms with Crippen molar-refractivity contribution in [1.82, 2.24) is 9.78 Å². The second-order valence-corrected chi connectivity index (χ2v) is 6.57. The summed E-state index contributed by atoms with van der Waals surface area (Å²) in [6, 6.07) is 0. The molecule has 3 nitrogen and oxygen atoms in total. The summed E-state index contributed by atoms with van der Waals surface area (Å²) in [6.07, 6.45) is 0. The van der Waals surface area contributed by atoms with Crippen LogP contribution in [0, 0.1) is 5.92 Å². The molecule has 1 N–H and O–H groups in total. The highest BCUT2D eigenvalue weighted by Gasteiger charge is 2.28. The molecule has 0 aromatic carbocycles. The molecular formula is C14H26N2O. The summed E-state index contributed by atoms with van der Waals surface area (Å²) in [5.74, 6) is 1.12. The van der Waals surface area contributed by atoms with Crippen LogP contribution in [-0.4, -0.2) is 14.9 Å². The van der Waals surface area contributed by atoms with E-state index in [0.29, 0.717) is 17.7 Å². The van der Waals surface area contributed by atoms with E-state index in [1.807, 2.05) is 0 Å². The third-order valence-corrected chi connectivity index (χ3v) is 2.79. The molecule has 0 aliphatic carbocycles. The van der Waals surface area contributed by atoms with E-state index in [1.165, 1.54) is 0 Å². The summed E-state index contributed by atoms with van der Waals surface area (Å²) in [5.41, 5.74) is 1.99. The molecule has 0 unspecified atom stereocenters. The third kappa shape index (κ3) is 3.02. The molecule has 0 radical (unpaired) electrons. The largest absolute Gasteiger partial charge is 0.493 e. The highest BCUT2D eigenvalue weighted by molar-refractivity contribution is 5.37. The second kappa shape index (κ2) is 4.71. The zero-order valence-corrected chi connectivity index (χ0v) is 12.2. The van der Waals surface area contributed by atoms with E-state index in [1.54, 1.807) is 4.68 Å². The molecule has 0 fully saturated rings. The van der Waals surface area contributed by atoms with Gasteiger partial charge in [-0.2, -0.15) is 5.10 Å². The molecule has 0 aliphatic heterocycles. The minimum Gasteiger partial charge on any atom is -0.493 e. The first-order chi connectivity index (χ1) is 7.64. The van der Waals surface area contributed by atoms with Gasteiger partial charge in [0.1, 0.15) is 0 Å². The Labute approximate surface area is 105 Å². The van der Waals surface area contributed by atoms with E-state index in [9.17, 15) is 5.11 Å². The number of aromatic hydroxyl groups is 1. The lowest BCUT2D eigenvalue weighted by atomic mass is 9.86. The lowest BCUT2D eigenvalue weighted by Crippen LogP contribution is -2.16. The van der Waals surface area contributed by atoms with Gasteiger partial charge in [-0.15, -0.1) is 0 Å². The van der Waals surface area contributed by atoms with Crippen LogP contribution in [0.3, 0.4) is 0 Å². The van der Waals surface area contributed by atoms with Gasteiger partial charge in [0, 0.05) is 17.5 Å². The Balaban J connectivity index is 3.30. The zero-order chi connectivity index (χ0) is 13.4. The predicted octanol–water partition coefficient (Wildman–Crippen LogP) is 3.67. The fraction of sp³-hybridized carbons (Fsp3) is 0.786. The average Bonchev–Trinajstić information content (AvgIpc) is 2.42. The first kappa shape index (κ1) is 14.1. The molecule has 0 saturated carbocycles. The fourth-order valence-corrected chi connectivity index (χ4v) is 2.03. The minimum absolute atomic E-state index is 0.0285. The van der Waals surface area contributed by atoms with Crippen LogP contribution in [0.1, 0.15) is 65.6 Å². The van der Waals surface area contributed by atoms with Crippen LogP contribution in [0.2, 0.25) is 0 Å². The Morgan fingerprint density at radius 1 is 1.18 bits per heavy atom. The van der Waals surface area contributed by atoms with E-state index < -0.39 is 0 Å². The van der Waals surface area contributed by atoms with Gasteiger partial charge in [-0.05, 0) is 11.8 Å². The van der Waals surface area contributed by atoms with Gasteiger partial charge in [-0.25, -0.2) is 4.68 Å². The summed E-state index contributed by atoms with van der Waals surface area (Å²) < 4.78 is 1.75. The standard InChI is InChI=1S/C14H26N2O/c1-9(2)8-16-13(17)11(10(3)4)12(15-16)14(5,6)7/h9-10,17H,8H2,1-7H3. The maximum Gasteiger partial charge on any atom is 0.213 e. The molecule has 0 atom stereocenters. The van der Waals surface area contributed by atoms with E-state index in [-0.39, 0.29) is 5.41 Å². The van der Waals surface area contributed by atoms with Crippen LogP contribution in [0.4, 0.5) is 0 Å². The quantitative estimate of drug-likeness (QED) is 0.872. The molecule has 0 bridgehead atoms. The molecule has 98 valence electrons. The summed E-state index contributed by atoms with van der Waals surface area (Å²) >= 11 is 0. The summed E-state index contributed by atoms with van der Waals surface area (Å²) in [5, 5.41) is 14.9. The maximum atomic E-state index is 10.3. The molecule has 1 heterocycles. The molecule has 1 rings (SSSR count). The van der Waals surface area contributed by atoms with Gasteiger partial charge in [0.25, 0.3) is 0 Å². The van der Waals surface area contributed by atoms with Crippen molar-refractivity contribution in [3.05, 3.63) is 11.3 Å². The van der Waals surface area contributed by atoms with E-state index in [0.717, 1.165) is 17.8 Å². The third-order valence-electron chi connectivity index (χ3n) is 2.79. The molecular weight excluding hydrogens is 212 g/mol. The van der Waals surface area contributed by atoms with Gasteiger partial charge in [0.05, 0.1) is 5.69 Å². The molecule has 0 saturated heterocycles. The summed E-state index contributed by atoms with van der Waals surface area (Å²) in [4.78, 5) is 0. The monoisotopic (exact) mass is 238 g/mol. The van der Waals surface area contributed by atoms with Gasteiger partial charge in [0.15, 0.2) is 0 Å². The van der Waals surface area contributed by atoms with E-state index >= 15 is 0 Å².